The van der Waals surface area contributed by atoms with Crippen molar-refractivity contribution in [3.63, 3.8) is 0 Å². The summed E-state index contributed by atoms with van der Waals surface area (Å²) in [6.07, 6.45) is 10.5. The first-order valence-corrected chi connectivity index (χ1v) is 12.6. The maximum absolute atomic E-state index is 12.5. The Morgan fingerprint density at radius 1 is 1.03 bits per heavy atom. The van der Waals surface area contributed by atoms with Crippen molar-refractivity contribution < 1.29 is 14.7 Å². The molecule has 0 aromatic heterocycles. The molecule has 166 valence electrons. The van der Waals surface area contributed by atoms with Gasteiger partial charge in [-0.05, 0) is 37.8 Å². The summed E-state index contributed by atoms with van der Waals surface area (Å²) in [6.45, 7) is 0.997. The van der Waals surface area contributed by atoms with Gasteiger partial charge in [0.25, 0.3) is 0 Å². The van der Waals surface area contributed by atoms with Crippen LogP contribution in [0.2, 0.25) is 10.0 Å². The fourth-order valence-corrected chi connectivity index (χ4v) is 5.20. The van der Waals surface area contributed by atoms with E-state index in [2.05, 4.69) is 4.99 Å². The molecule has 0 fully saturated rings. The van der Waals surface area contributed by atoms with Gasteiger partial charge in [0.2, 0.25) is 0 Å². The van der Waals surface area contributed by atoms with Crippen molar-refractivity contribution in [2.45, 2.75) is 70.6 Å². The van der Waals surface area contributed by atoms with Crippen LogP contribution < -0.4 is 0 Å². The molecule has 0 radical (unpaired) electrons. The highest BCUT2D eigenvalue weighted by Gasteiger charge is 2.24. The van der Waals surface area contributed by atoms with E-state index in [0.717, 1.165) is 32.2 Å². The van der Waals surface area contributed by atoms with Gasteiger partial charge in [0, 0.05) is 18.7 Å². The molecule has 1 unspecified atom stereocenters. The van der Waals surface area contributed by atoms with Crippen LogP contribution in [-0.4, -0.2) is 34.2 Å². The Morgan fingerprint density at radius 2 is 1.67 bits per heavy atom. The van der Waals surface area contributed by atoms with Crippen LogP contribution in [0.15, 0.2) is 23.2 Å². The highest BCUT2D eigenvalue weighted by atomic mass is 35.5. The predicted octanol–water partition coefficient (Wildman–Crippen LogP) is 7.31. The number of hydrogen-bond donors (Lipinski definition) is 1. The summed E-state index contributed by atoms with van der Waals surface area (Å²) in [5.74, 6) is -0.722. The van der Waals surface area contributed by atoms with Crippen LogP contribution in [0.5, 0.6) is 0 Å². The van der Waals surface area contributed by atoms with Gasteiger partial charge < -0.3 is 5.11 Å². The number of hydrogen-bond acceptors (Lipinski definition) is 4. The molecule has 4 nitrogen and oxygen atoms in total. The molecule has 0 saturated carbocycles. The quantitative estimate of drug-likeness (QED) is 0.228. The first kappa shape index (κ1) is 25.2. The zero-order valence-electron chi connectivity index (χ0n) is 17.4. The molecule has 7 heteroatoms. The lowest BCUT2D eigenvalue weighted by atomic mass is 9.93. The number of rotatable bonds is 14. The smallest absolute Gasteiger partial charge is 0.306 e. The van der Waals surface area contributed by atoms with Crippen LogP contribution in [0, 0.1) is 5.92 Å². The number of carbonyl (C=O) groups excluding carboxylic acids is 1. The molecule has 2 rings (SSSR count). The minimum absolute atomic E-state index is 0.0688. The summed E-state index contributed by atoms with van der Waals surface area (Å²) in [5, 5.41) is 11.4. The summed E-state index contributed by atoms with van der Waals surface area (Å²) >= 11 is 14.0. The number of nitrogens with zero attached hydrogens (tertiary/aromatic N) is 1. The van der Waals surface area contributed by atoms with Crippen LogP contribution in [0.25, 0.3) is 0 Å². The van der Waals surface area contributed by atoms with Crippen LogP contribution >= 0.6 is 35.0 Å². The highest BCUT2D eigenvalue weighted by Crippen LogP contribution is 2.28. The van der Waals surface area contributed by atoms with E-state index in [1.54, 1.807) is 18.2 Å². The van der Waals surface area contributed by atoms with E-state index in [0.29, 0.717) is 6.42 Å². The summed E-state index contributed by atoms with van der Waals surface area (Å²) in [4.78, 5) is 28.6. The summed E-state index contributed by atoms with van der Waals surface area (Å²) < 4.78 is 0. The molecule has 1 aliphatic heterocycles. The van der Waals surface area contributed by atoms with Crippen LogP contribution in [0.3, 0.4) is 0 Å². The first-order chi connectivity index (χ1) is 14.5. The Bertz CT molecular complexity index is 719. The van der Waals surface area contributed by atoms with E-state index in [9.17, 15) is 14.7 Å². The van der Waals surface area contributed by atoms with Gasteiger partial charge in [-0.1, -0.05) is 67.8 Å². The Hall–Kier alpha value is -1.04. The lowest BCUT2D eigenvalue weighted by Gasteiger charge is -2.13. The molecule has 0 amide bonds. The third-order valence-electron chi connectivity index (χ3n) is 5.33. The van der Waals surface area contributed by atoms with Crippen LogP contribution in [0.1, 0.15) is 81.0 Å². The molecule has 1 N–H and O–H groups in total. The Labute approximate surface area is 193 Å². The first-order valence-electron chi connectivity index (χ1n) is 10.8. The summed E-state index contributed by atoms with van der Waals surface area (Å²) in [6, 6.07) is 4.86. The number of carboxylic acids is 1. The second kappa shape index (κ2) is 14.1. The van der Waals surface area contributed by atoms with Crippen LogP contribution in [0.4, 0.5) is 0 Å². The zero-order valence-corrected chi connectivity index (χ0v) is 19.7. The van der Waals surface area contributed by atoms with Gasteiger partial charge in [-0.2, -0.15) is 0 Å². The Balaban J connectivity index is 1.60. The fourth-order valence-electron chi connectivity index (χ4n) is 3.61. The normalized spacial score (nSPS) is 14.9. The molecule has 1 aliphatic rings. The van der Waals surface area contributed by atoms with Crippen molar-refractivity contribution >= 4 is 51.8 Å². The molecular weight excluding hydrogens is 441 g/mol. The maximum atomic E-state index is 12.5. The minimum Gasteiger partial charge on any atom is -0.481 e. The Morgan fingerprint density at radius 3 is 2.27 bits per heavy atom. The number of aliphatic carboxylic acids is 1. The molecule has 30 heavy (non-hydrogen) atoms. The van der Waals surface area contributed by atoms with Crippen molar-refractivity contribution in [1.82, 2.24) is 0 Å². The molecule has 0 aliphatic carbocycles. The number of thioether (sulfide) groups is 1. The lowest BCUT2D eigenvalue weighted by Crippen LogP contribution is -2.18. The van der Waals surface area contributed by atoms with E-state index in [-0.39, 0.29) is 27.8 Å². The van der Waals surface area contributed by atoms with Gasteiger partial charge in [0.1, 0.15) is 0 Å². The molecule has 1 aromatic rings. The van der Waals surface area contributed by atoms with Gasteiger partial charge in [-0.25, -0.2) is 0 Å². The van der Waals surface area contributed by atoms with Crippen molar-refractivity contribution in [3.8, 4) is 0 Å². The summed E-state index contributed by atoms with van der Waals surface area (Å²) in [5.41, 5.74) is 0.227. The lowest BCUT2D eigenvalue weighted by molar-refractivity contribution is -0.141. The minimum atomic E-state index is -0.935. The van der Waals surface area contributed by atoms with Gasteiger partial charge in [-0.15, -0.1) is 11.8 Å². The third-order valence-corrected chi connectivity index (χ3v) is 7.11. The van der Waals surface area contributed by atoms with Gasteiger partial charge in [-0.3, -0.25) is 14.6 Å². The van der Waals surface area contributed by atoms with Gasteiger partial charge >= 0.3 is 5.97 Å². The number of ketones is 1. The van der Waals surface area contributed by atoms with Crippen molar-refractivity contribution in [1.29, 1.82) is 0 Å². The SMILES string of the molecule is O=C(CC(CCCCCCCCCC1=NCCCS1)C(=O)O)c1c(Cl)cccc1Cl. The number of benzene rings is 1. The summed E-state index contributed by atoms with van der Waals surface area (Å²) in [7, 11) is 0. The van der Waals surface area contributed by atoms with Gasteiger partial charge in [0.15, 0.2) is 5.78 Å². The molecular formula is C23H31Cl2NO3S. The fraction of sp³-hybridized carbons (Fsp3) is 0.609. The van der Waals surface area contributed by atoms with Gasteiger partial charge in [0.05, 0.1) is 26.6 Å². The number of aliphatic imine (C=N–C) groups is 1. The number of halogens is 2. The van der Waals surface area contributed by atoms with Crippen molar-refractivity contribution in [3.05, 3.63) is 33.8 Å². The molecule has 1 aromatic carbocycles. The average molecular weight is 472 g/mol. The Kier molecular flexibility index (Phi) is 11.9. The second-order valence-corrected chi connectivity index (χ2v) is 9.73. The molecule has 0 bridgehead atoms. The molecule has 1 atom stereocenters. The number of carbonyl (C=O) groups is 2. The van der Waals surface area contributed by atoms with Crippen molar-refractivity contribution in [2.75, 3.05) is 12.3 Å². The van der Waals surface area contributed by atoms with E-state index in [4.69, 9.17) is 23.2 Å². The second-order valence-electron chi connectivity index (χ2n) is 7.75. The van der Waals surface area contributed by atoms with Crippen LogP contribution in [-0.2, 0) is 4.79 Å². The van der Waals surface area contributed by atoms with E-state index < -0.39 is 11.9 Å². The number of unbranched alkanes of at least 4 members (excludes halogenated alkanes) is 6. The van der Waals surface area contributed by atoms with E-state index in [1.807, 2.05) is 11.8 Å². The monoisotopic (exact) mass is 471 g/mol. The molecule has 0 spiro atoms. The van der Waals surface area contributed by atoms with E-state index >= 15 is 0 Å². The molecule has 1 heterocycles. The standard InChI is InChI=1S/C23H31Cl2NO3S/c24-18-11-8-12-19(25)22(18)20(27)16-17(23(28)29)10-6-4-2-1-3-5-7-13-21-26-14-9-15-30-21/h8,11-12,17H,1-7,9-10,13-16H2,(H,28,29). The maximum Gasteiger partial charge on any atom is 0.306 e. The topological polar surface area (TPSA) is 66.7 Å². The largest absolute Gasteiger partial charge is 0.481 e. The predicted molar refractivity (Wildman–Crippen MR) is 127 cm³/mol. The number of carboxylic acid groups (broad SMARTS) is 1. The zero-order chi connectivity index (χ0) is 21.8. The highest BCUT2D eigenvalue weighted by molar-refractivity contribution is 8.14. The van der Waals surface area contributed by atoms with E-state index in [1.165, 1.54) is 42.9 Å². The third kappa shape index (κ3) is 8.99. The number of Topliss-reactive ketones (excluding diaryl/α,β-unsaturated/α-hetero) is 1. The van der Waals surface area contributed by atoms with Crippen molar-refractivity contribution in [2.24, 2.45) is 10.9 Å². The average Bonchev–Trinajstić information content (AvgIpc) is 2.72. The molecule has 0 saturated heterocycles.